The number of carbonyl (C=O) groups is 2. The molecule has 4 heteroatoms. The van der Waals surface area contributed by atoms with Gasteiger partial charge in [0.05, 0.1) is 0 Å². The number of aliphatic imine (C=N–C) groups is 1. The Morgan fingerprint density at radius 1 is 1.46 bits per heavy atom. The lowest BCUT2D eigenvalue weighted by Crippen LogP contribution is -2.15. The Labute approximate surface area is 75.6 Å². The van der Waals surface area contributed by atoms with Crippen LogP contribution in [0.1, 0.15) is 6.92 Å². The molecule has 0 saturated heterocycles. The summed E-state index contributed by atoms with van der Waals surface area (Å²) in [5, 5.41) is 0. The van der Waals surface area contributed by atoms with Crippen LogP contribution in [0.2, 0.25) is 0 Å². The fourth-order valence-electron chi connectivity index (χ4n) is 0.792. The molecule has 0 N–H and O–H groups in total. The third-order valence-corrected chi connectivity index (χ3v) is 1.38. The zero-order chi connectivity index (χ0) is 9.68. The maximum Gasteiger partial charge on any atom is 0.345 e. The molecule has 0 fully saturated rings. The Kier molecular flexibility index (Phi) is 3.14. The van der Waals surface area contributed by atoms with Gasteiger partial charge in [-0.2, -0.15) is 0 Å². The molecule has 0 bridgehead atoms. The maximum atomic E-state index is 10.8. The second-order valence-electron chi connectivity index (χ2n) is 2.35. The summed E-state index contributed by atoms with van der Waals surface area (Å²) in [5.74, 6) is -0.435. The lowest BCUT2D eigenvalue weighted by atomic mass is 10.4. The molecule has 1 atom stereocenters. The third-order valence-electron chi connectivity index (χ3n) is 1.38. The van der Waals surface area contributed by atoms with Gasteiger partial charge in [-0.1, -0.05) is 18.2 Å². The van der Waals surface area contributed by atoms with E-state index >= 15 is 0 Å². The minimum Gasteiger partial charge on any atom is -0.406 e. The fourth-order valence-corrected chi connectivity index (χ4v) is 0.792. The van der Waals surface area contributed by atoms with Crippen LogP contribution in [0, 0.1) is 0 Å². The van der Waals surface area contributed by atoms with Gasteiger partial charge in [0.15, 0.2) is 6.29 Å². The third kappa shape index (κ3) is 2.37. The molecule has 0 amide bonds. The van der Waals surface area contributed by atoms with E-state index in [0.29, 0.717) is 6.29 Å². The second-order valence-corrected chi connectivity index (χ2v) is 2.35. The zero-order valence-electron chi connectivity index (χ0n) is 7.14. The predicted octanol–water partition coefficient (Wildman–Crippen LogP) is 0.641. The number of nitrogens with zero attached hydrogens (tertiary/aromatic N) is 1. The number of ether oxygens (including phenoxy) is 1. The van der Waals surface area contributed by atoms with Crippen molar-refractivity contribution >= 4 is 18.2 Å². The van der Waals surface area contributed by atoms with Gasteiger partial charge in [-0.3, -0.25) is 0 Å². The van der Waals surface area contributed by atoms with Crippen molar-refractivity contribution in [1.29, 1.82) is 0 Å². The first-order chi connectivity index (χ1) is 6.27. The van der Waals surface area contributed by atoms with Crippen molar-refractivity contribution in [3.8, 4) is 0 Å². The number of allylic oxidation sites excluding steroid dienone is 3. The summed E-state index contributed by atoms with van der Waals surface area (Å²) in [6.07, 6.45) is 7.26. The Hall–Kier alpha value is -1.71. The van der Waals surface area contributed by atoms with Gasteiger partial charge in [0.25, 0.3) is 0 Å². The van der Waals surface area contributed by atoms with Crippen molar-refractivity contribution in [1.82, 2.24) is 0 Å². The van der Waals surface area contributed by atoms with Gasteiger partial charge in [0.1, 0.15) is 0 Å². The van der Waals surface area contributed by atoms with Gasteiger partial charge in [-0.15, -0.1) is 0 Å². The van der Waals surface area contributed by atoms with Crippen LogP contribution in [0.4, 0.5) is 0 Å². The summed E-state index contributed by atoms with van der Waals surface area (Å²) < 4.78 is 4.67. The molecule has 0 aromatic carbocycles. The van der Waals surface area contributed by atoms with Crippen molar-refractivity contribution in [3.05, 3.63) is 24.3 Å². The average molecular weight is 179 g/mol. The Morgan fingerprint density at radius 2 is 2.23 bits per heavy atom. The highest BCUT2D eigenvalue weighted by molar-refractivity contribution is 6.08. The number of esters is 1. The summed E-state index contributed by atoms with van der Waals surface area (Å²) in [4.78, 5) is 24.8. The van der Waals surface area contributed by atoms with E-state index < -0.39 is 12.0 Å². The van der Waals surface area contributed by atoms with Crippen molar-refractivity contribution in [3.63, 3.8) is 0 Å². The summed E-state index contributed by atoms with van der Waals surface area (Å²) in [5.41, 5.74) is 0. The van der Waals surface area contributed by atoms with Crippen molar-refractivity contribution in [2.24, 2.45) is 4.99 Å². The minimum atomic E-state index is -0.981. The predicted molar refractivity (Wildman–Crippen MR) is 47.3 cm³/mol. The first-order valence-corrected chi connectivity index (χ1v) is 3.82. The van der Waals surface area contributed by atoms with Crippen LogP contribution in [-0.2, 0) is 14.3 Å². The molecule has 0 aromatic rings. The second kappa shape index (κ2) is 4.35. The molecule has 0 saturated carbocycles. The topological polar surface area (TPSA) is 55.7 Å². The molecule has 0 spiro atoms. The van der Waals surface area contributed by atoms with E-state index in [-0.39, 0.29) is 5.90 Å². The largest absolute Gasteiger partial charge is 0.406 e. The summed E-state index contributed by atoms with van der Waals surface area (Å²) in [6, 6.07) is -0.981. The SMILES string of the molecule is C/C=C/C=C/C1=NC(C=O)C(=O)O1. The van der Waals surface area contributed by atoms with Crippen LogP contribution in [0.3, 0.4) is 0 Å². The van der Waals surface area contributed by atoms with E-state index in [4.69, 9.17) is 0 Å². The Bertz CT molecular complexity index is 302. The quantitative estimate of drug-likeness (QED) is 0.276. The molecule has 1 heterocycles. The van der Waals surface area contributed by atoms with Gasteiger partial charge in [0.2, 0.25) is 11.9 Å². The monoisotopic (exact) mass is 179 g/mol. The van der Waals surface area contributed by atoms with Gasteiger partial charge in [0, 0.05) is 6.08 Å². The molecule has 68 valence electrons. The van der Waals surface area contributed by atoms with Crippen LogP contribution in [0.15, 0.2) is 29.3 Å². The molecule has 1 aliphatic rings. The molecular weight excluding hydrogens is 170 g/mol. The maximum absolute atomic E-state index is 10.8. The van der Waals surface area contributed by atoms with Crippen LogP contribution >= 0.6 is 0 Å². The van der Waals surface area contributed by atoms with E-state index in [0.717, 1.165) is 0 Å². The van der Waals surface area contributed by atoms with E-state index in [1.54, 1.807) is 12.2 Å². The number of aldehydes is 1. The lowest BCUT2D eigenvalue weighted by molar-refractivity contribution is -0.136. The molecule has 0 radical (unpaired) electrons. The molecule has 13 heavy (non-hydrogen) atoms. The number of carbonyl (C=O) groups excluding carboxylic acids is 2. The van der Waals surface area contributed by atoms with Crippen LogP contribution in [0.25, 0.3) is 0 Å². The number of hydrogen-bond acceptors (Lipinski definition) is 4. The van der Waals surface area contributed by atoms with Gasteiger partial charge < -0.3 is 9.53 Å². The number of rotatable bonds is 3. The molecule has 0 aliphatic carbocycles. The first-order valence-electron chi connectivity index (χ1n) is 3.82. The van der Waals surface area contributed by atoms with Crippen molar-refractivity contribution in [2.75, 3.05) is 0 Å². The molecule has 1 aliphatic heterocycles. The van der Waals surface area contributed by atoms with Gasteiger partial charge in [-0.05, 0) is 6.92 Å². The van der Waals surface area contributed by atoms with E-state index in [1.807, 2.05) is 13.0 Å². The van der Waals surface area contributed by atoms with Gasteiger partial charge >= 0.3 is 5.97 Å². The Morgan fingerprint density at radius 3 is 2.77 bits per heavy atom. The Balaban J connectivity index is 2.64. The number of cyclic esters (lactones) is 1. The van der Waals surface area contributed by atoms with E-state index in [9.17, 15) is 9.59 Å². The highest BCUT2D eigenvalue weighted by Gasteiger charge is 2.26. The minimum absolute atomic E-state index is 0.181. The fraction of sp³-hybridized carbons (Fsp3) is 0.222. The lowest BCUT2D eigenvalue weighted by Gasteiger charge is -1.89. The summed E-state index contributed by atoms with van der Waals surface area (Å²) in [7, 11) is 0. The smallest absolute Gasteiger partial charge is 0.345 e. The summed E-state index contributed by atoms with van der Waals surface area (Å²) in [6.45, 7) is 1.86. The normalized spacial score (nSPS) is 22.4. The van der Waals surface area contributed by atoms with Crippen LogP contribution in [-0.4, -0.2) is 24.2 Å². The van der Waals surface area contributed by atoms with E-state index in [1.165, 1.54) is 6.08 Å². The highest BCUT2D eigenvalue weighted by atomic mass is 16.6. The standard InChI is InChI=1S/C9H9NO3/c1-2-3-4-5-8-10-7(6-11)9(12)13-8/h2-7H,1H3/b3-2+,5-4+. The first kappa shape index (κ1) is 9.38. The van der Waals surface area contributed by atoms with E-state index in [2.05, 4.69) is 9.73 Å². The zero-order valence-corrected chi connectivity index (χ0v) is 7.14. The van der Waals surface area contributed by atoms with Gasteiger partial charge in [-0.25, -0.2) is 9.79 Å². The summed E-state index contributed by atoms with van der Waals surface area (Å²) >= 11 is 0. The highest BCUT2D eigenvalue weighted by Crippen LogP contribution is 2.04. The van der Waals surface area contributed by atoms with Crippen LogP contribution in [0.5, 0.6) is 0 Å². The average Bonchev–Trinajstić information content (AvgIpc) is 2.47. The molecule has 0 aromatic heterocycles. The number of hydrogen-bond donors (Lipinski definition) is 0. The van der Waals surface area contributed by atoms with Crippen LogP contribution < -0.4 is 0 Å². The van der Waals surface area contributed by atoms with Crippen molar-refractivity contribution in [2.45, 2.75) is 13.0 Å². The molecule has 1 unspecified atom stereocenters. The molecule has 4 nitrogen and oxygen atoms in total. The molecule has 1 rings (SSSR count). The molecular formula is C9H9NO3. The van der Waals surface area contributed by atoms with Crippen molar-refractivity contribution < 1.29 is 14.3 Å².